The topological polar surface area (TPSA) is 45.7 Å². The van der Waals surface area contributed by atoms with Gasteiger partial charge in [-0.1, -0.05) is 6.42 Å². The molecular formula is C19H27N3O2. The van der Waals surface area contributed by atoms with E-state index in [0.29, 0.717) is 17.4 Å². The van der Waals surface area contributed by atoms with E-state index < -0.39 is 0 Å². The molecule has 3 aliphatic rings. The molecule has 0 unspecified atom stereocenters. The van der Waals surface area contributed by atoms with Crippen LogP contribution in [0.2, 0.25) is 0 Å². The van der Waals surface area contributed by atoms with Gasteiger partial charge in [-0.15, -0.1) is 0 Å². The number of amides is 1. The van der Waals surface area contributed by atoms with Gasteiger partial charge in [-0.2, -0.15) is 0 Å². The van der Waals surface area contributed by atoms with Crippen molar-refractivity contribution in [1.29, 1.82) is 0 Å². The SMILES string of the molecule is O=C(c1ccc(OCC2CC2)nc1)N1CCCN(C2CCC2)CC1. The van der Waals surface area contributed by atoms with Crippen molar-refractivity contribution >= 4 is 5.91 Å². The first-order valence-electron chi connectivity index (χ1n) is 9.42. The number of pyridine rings is 1. The summed E-state index contributed by atoms with van der Waals surface area (Å²) in [6.07, 6.45) is 9.30. The number of hydrogen-bond acceptors (Lipinski definition) is 4. The normalized spacial score (nSPS) is 22.8. The predicted molar refractivity (Wildman–Crippen MR) is 92.2 cm³/mol. The van der Waals surface area contributed by atoms with E-state index in [0.717, 1.165) is 45.2 Å². The fourth-order valence-electron chi connectivity index (χ4n) is 3.52. The van der Waals surface area contributed by atoms with E-state index in [4.69, 9.17) is 4.74 Å². The second-order valence-corrected chi connectivity index (χ2v) is 7.41. The lowest BCUT2D eigenvalue weighted by atomic mass is 9.91. The van der Waals surface area contributed by atoms with Gasteiger partial charge in [0.25, 0.3) is 5.91 Å². The number of aromatic nitrogens is 1. The van der Waals surface area contributed by atoms with Crippen molar-refractivity contribution in [2.45, 2.75) is 44.6 Å². The van der Waals surface area contributed by atoms with Crippen molar-refractivity contribution in [2.24, 2.45) is 5.92 Å². The molecule has 0 N–H and O–H groups in total. The number of carbonyl (C=O) groups is 1. The summed E-state index contributed by atoms with van der Waals surface area (Å²) in [7, 11) is 0. The Labute approximate surface area is 144 Å². The molecule has 2 heterocycles. The van der Waals surface area contributed by atoms with Crippen LogP contribution < -0.4 is 4.74 Å². The van der Waals surface area contributed by atoms with Gasteiger partial charge in [0.15, 0.2) is 0 Å². The number of rotatable bonds is 5. The average Bonchev–Trinajstić information content (AvgIpc) is 3.39. The van der Waals surface area contributed by atoms with E-state index in [9.17, 15) is 4.79 Å². The Bertz CT molecular complexity index is 566. The highest BCUT2D eigenvalue weighted by atomic mass is 16.5. The number of ether oxygens (including phenoxy) is 1. The Hall–Kier alpha value is -1.62. The molecule has 0 aromatic carbocycles. The Morgan fingerprint density at radius 3 is 2.62 bits per heavy atom. The second kappa shape index (κ2) is 7.09. The van der Waals surface area contributed by atoms with E-state index in [2.05, 4.69) is 9.88 Å². The summed E-state index contributed by atoms with van der Waals surface area (Å²) in [5, 5.41) is 0. The third-order valence-corrected chi connectivity index (χ3v) is 5.56. The van der Waals surface area contributed by atoms with Crippen molar-refractivity contribution in [3.05, 3.63) is 23.9 Å². The predicted octanol–water partition coefficient (Wildman–Crippen LogP) is 2.57. The summed E-state index contributed by atoms with van der Waals surface area (Å²) < 4.78 is 5.65. The summed E-state index contributed by atoms with van der Waals surface area (Å²) in [5.74, 6) is 1.45. The lowest BCUT2D eigenvalue weighted by Crippen LogP contribution is -2.42. The Balaban J connectivity index is 1.32. The maximum atomic E-state index is 12.7. The third kappa shape index (κ3) is 3.72. The van der Waals surface area contributed by atoms with Gasteiger partial charge in [0.05, 0.1) is 12.2 Å². The Morgan fingerprint density at radius 2 is 1.96 bits per heavy atom. The lowest BCUT2D eigenvalue weighted by molar-refractivity contribution is 0.0749. The summed E-state index contributed by atoms with van der Waals surface area (Å²) in [5.41, 5.74) is 0.672. The van der Waals surface area contributed by atoms with Gasteiger partial charge in [0, 0.05) is 44.5 Å². The zero-order valence-corrected chi connectivity index (χ0v) is 14.3. The number of hydrogen-bond donors (Lipinski definition) is 0. The molecule has 5 heteroatoms. The molecule has 0 atom stereocenters. The fraction of sp³-hybridized carbons (Fsp3) is 0.684. The third-order valence-electron chi connectivity index (χ3n) is 5.56. The Morgan fingerprint density at radius 1 is 1.08 bits per heavy atom. The van der Waals surface area contributed by atoms with Crippen LogP contribution in [0.5, 0.6) is 5.88 Å². The summed E-state index contributed by atoms with van der Waals surface area (Å²) in [6, 6.07) is 4.45. The van der Waals surface area contributed by atoms with Gasteiger partial charge in [-0.05, 0) is 44.1 Å². The van der Waals surface area contributed by atoms with E-state index in [1.165, 1.54) is 32.1 Å². The molecule has 130 valence electrons. The molecule has 0 bridgehead atoms. The van der Waals surface area contributed by atoms with E-state index >= 15 is 0 Å². The van der Waals surface area contributed by atoms with Gasteiger partial charge in [-0.3, -0.25) is 9.69 Å². The quantitative estimate of drug-likeness (QED) is 0.833. The van der Waals surface area contributed by atoms with Crippen LogP contribution in [0, 0.1) is 5.92 Å². The molecule has 0 radical (unpaired) electrons. The molecule has 1 aromatic rings. The lowest BCUT2D eigenvalue weighted by Gasteiger charge is -2.36. The monoisotopic (exact) mass is 329 g/mol. The number of carbonyl (C=O) groups excluding carboxylic acids is 1. The first-order valence-corrected chi connectivity index (χ1v) is 9.42. The van der Waals surface area contributed by atoms with Crippen LogP contribution >= 0.6 is 0 Å². The van der Waals surface area contributed by atoms with Crippen molar-refractivity contribution in [2.75, 3.05) is 32.8 Å². The minimum atomic E-state index is 0.103. The summed E-state index contributed by atoms with van der Waals surface area (Å²) in [4.78, 5) is 21.6. The molecule has 3 fully saturated rings. The van der Waals surface area contributed by atoms with E-state index in [1.807, 2.05) is 17.0 Å². The molecule has 0 spiro atoms. The van der Waals surface area contributed by atoms with Crippen LogP contribution in [0.3, 0.4) is 0 Å². The molecule has 1 aliphatic heterocycles. The first kappa shape index (κ1) is 15.9. The molecule has 4 rings (SSSR count). The van der Waals surface area contributed by atoms with Crippen LogP contribution in [0.25, 0.3) is 0 Å². The van der Waals surface area contributed by atoms with Crippen molar-refractivity contribution in [3.63, 3.8) is 0 Å². The summed E-state index contributed by atoms with van der Waals surface area (Å²) in [6.45, 7) is 4.56. The molecule has 24 heavy (non-hydrogen) atoms. The van der Waals surface area contributed by atoms with Gasteiger partial charge in [0.2, 0.25) is 5.88 Å². The van der Waals surface area contributed by atoms with Gasteiger partial charge < -0.3 is 9.64 Å². The fourth-order valence-corrected chi connectivity index (χ4v) is 3.52. The van der Waals surface area contributed by atoms with Crippen molar-refractivity contribution in [1.82, 2.24) is 14.8 Å². The van der Waals surface area contributed by atoms with Crippen LogP contribution in [0.15, 0.2) is 18.3 Å². The van der Waals surface area contributed by atoms with Gasteiger partial charge in [0.1, 0.15) is 0 Å². The van der Waals surface area contributed by atoms with Crippen LogP contribution in [-0.2, 0) is 0 Å². The van der Waals surface area contributed by atoms with Crippen molar-refractivity contribution in [3.8, 4) is 5.88 Å². The Kier molecular flexibility index (Phi) is 4.69. The highest BCUT2D eigenvalue weighted by molar-refractivity contribution is 5.94. The maximum Gasteiger partial charge on any atom is 0.255 e. The number of nitrogens with zero attached hydrogens (tertiary/aromatic N) is 3. The van der Waals surface area contributed by atoms with E-state index in [1.54, 1.807) is 6.20 Å². The zero-order valence-electron chi connectivity index (χ0n) is 14.3. The molecule has 1 saturated heterocycles. The minimum absolute atomic E-state index is 0.103. The maximum absolute atomic E-state index is 12.7. The van der Waals surface area contributed by atoms with Crippen LogP contribution in [0.1, 0.15) is 48.9 Å². The van der Waals surface area contributed by atoms with Crippen LogP contribution in [-0.4, -0.2) is 59.5 Å². The second-order valence-electron chi connectivity index (χ2n) is 7.41. The summed E-state index contributed by atoms with van der Waals surface area (Å²) >= 11 is 0. The molecule has 1 amide bonds. The van der Waals surface area contributed by atoms with E-state index in [-0.39, 0.29) is 5.91 Å². The zero-order chi connectivity index (χ0) is 16.4. The molecule has 2 aliphatic carbocycles. The standard InChI is InChI=1S/C19H27N3O2/c23-19(16-7-8-18(20-13-16)24-14-15-5-6-15)22-10-2-9-21(11-12-22)17-3-1-4-17/h7-8,13,15,17H,1-6,9-12,14H2. The molecule has 5 nitrogen and oxygen atoms in total. The van der Waals surface area contributed by atoms with Crippen LogP contribution in [0.4, 0.5) is 0 Å². The van der Waals surface area contributed by atoms with Gasteiger partial charge in [-0.25, -0.2) is 4.98 Å². The van der Waals surface area contributed by atoms with Gasteiger partial charge >= 0.3 is 0 Å². The average molecular weight is 329 g/mol. The largest absolute Gasteiger partial charge is 0.477 e. The first-order chi connectivity index (χ1) is 11.8. The molecule has 2 saturated carbocycles. The minimum Gasteiger partial charge on any atom is -0.477 e. The molecular weight excluding hydrogens is 302 g/mol. The highest BCUT2D eigenvalue weighted by Gasteiger charge is 2.28. The molecule has 1 aromatic heterocycles. The smallest absolute Gasteiger partial charge is 0.255 e. The van der Waals surface area contributed by atoms with Crippen molar-refractivity contribution < 1.29 is 9.53 Å². The highest BCUT2D eigenvalue weighted by Crippen LogP contribution is 2.29.